The highest BCUT2D eigenvalue weighted by atomic mass is 16.6. The number of aromatic carboxylic acids is 1. The summed E-state index contributed by atoms with van der Waals surface area (Å²) in [6, 6.07) is 11.8. The van der Waals surface area contributed by atoms with E-state index in [1.54, 1.807) is 24.3 Å². The van der Waals surface area contributed by atoms with Crippen LogP contribution in [0.4, 0.5) is 11.4 Å². The van der Waals surface area contributed by atoms with E-state index in [4.69, 9.17) is 0 Å². The van der Waals surface area contributed by atoms with E-state index in [-0.39, 0.29) is 11.3 Å². The maximum absolute atomic E-state index is 10.6. The molecule has 100 valence electrons. The molecule has 0 bridgehead atoms. The minimum absolute atomic E-state index is 0.0143. The van der Waals surface area contributed by atoms with Gasteiger partial charge in [-0.2, -0.15) is 0 Å². The smallest absolute Gasteiger partial charge is 0.269 e. The van der Waals surface area contributed by atoms with E-state index in [1.807, 2.05) is 0 Å². The molecule has 0 heterocycles. The summed E-state index contributed by atoms with van der Waals surface area (Å²) < 4.78 is 0. The summed E-state index contributed by atoms with van der Waals surface area (Å²) in [5, 5.41) is 21.1. The first-order chi connectivity index (χ1) is 9.56. The molecule has 6 heteroatoms. The third kappa shape index (κ3) is 3.26. The molecule has 20 heavy (non-hydrogen) atoms. The number of aliphatic imine (C=N–C) groups is 1. The molecule has 0 saturated heterocycles. The number of carboxylic acids is 1. The normalized spacial score (nSPS) is 10.6. The zero-order valence-electron chi connectivity index (χ0n) is 10.2. The van der Waals surface area contributed by atoms with Crippen LogP contribution in [0.25, 0.3) is 0 Å². The molecular weight excluding hydrogens is 260 g/mol. The van der Waals surface area contributed by atoms with E-state index in [0.29, 0.717) is 11.3 Å². The maximum atomic E-state index is 10.6. The predicted octanol–water partition coefficient (Wildman–Crippen LogP) is 1.71. The number of hydrogen-bond acceptors (Lipinski definition) is 5. The number of carbonyl (C=O) groups excluding carboxylic acids is 1. The standard InChI is InChI=1S/C14H10N2O4/c17-14(18)11-3-5-12(6-4-11)15-9-10-1-7-13(8-2-10)16(19)20/h1-9H,(H,17,18)/p-1. The van der Waals surface area contributed by atoms with Gasteiger partial charge in [0.15, 0.2) is 0 Å². The van der Waals surface area contributed by atoms with Crippen molar-refractivity contribution in [2.24, 2.45) is 4.99 Å². The second kappa shape index (κ2) is 5.75. The summed E-state index contributed by atoms with van der Waals surface area (Å²) in [5.74, 6) is -1.24. The highest BCUT2D eigenvalue weighted by molar-refractivity contribution is 5.86. The first-order valence-electron chi connectivity index (χ1n) is 5.66. The molecule has 0 aromatic heterocycles. The van der Waals surface area contributed by atoms with Gasteiger partial charge in [0.25, 0.3) is 5.69 Å². The molecule has 2 aromatic rings. The Balaban J connectivity index is 2.12. The molecule has 0 aliphatic heterocycles. The van der Waals surface area contributed by atoms with Gasteiger partial charge in [-0.3, -0.25) is 15.1 Å². The van der Waals surface area contributed by atoms with E-state index in [9.17, 15) is 20.0 Å². The Hall–Kier alpha value is -3.02. The summed E-state index contributed by atoms with van der Waals surface area (Å²) in [7, 11) is 0. The molecule has 0 aliphatic rings. The second-order valence-corrected chi connectivity index (χ2v) is 3.94. The summed E-state index contributed by atoms with van der Waals surface area (Å²) in [5.41, 5.74) is 1.38. The lowest BCUT2D eigenvalue weighted by Gasteiger charge is -2.01. The number of non-ortho nitro benzene ring substituents is 1. The first kappa shape index (κ1) is 13.4. The van der Waals surface area contributed by atoms with Crippen molar-refractivity contribution in [3.8, 4) is 0 Å². The van der Waals surface area contributed by atoms with Crippen molar-refractivity contribution >= 4 is 23.6 Å². The van der Waals surface area contributed by atoms with Crippen LogP contribution in [0, 0.1) is 10.1 Å². The van der Waals surface area contributed by atoms with Crippen LogP contribution in [0.1, 0.15) is 15.9 Å². The molecule has 0 fully saturated rings. The predicted molar refractivity (Wildman–Crippen MR) is 71.1 cm³/mol. The van der Waals surface area contributed by atoms with Gasteiger partial charge in [0.05, 0.1) is 16.6 Å². The van der Waals surface area contributed by atoms with Crippen molar-refractivity contribution < 1.29 is 14.8 Å². The highest BCUT2D eigenvalue weighted by Gasteiger charge is 2.02. The van der Waals surface area contributed by atoms with Crippen LogP contribution < -0.4 is 5.11 Å². The SMILES string of the molecule is O=C([O-])c1ccc(N=Cc2ccc([N+](=O)[O-])cc2)cc1. The lowest BCUT2D eigenvalue weighted by atomic mass is 10.2. The number of benzene rings is 2. The average Bonchev–Trinajstić information content (AvgIpc) is 2.46. The Morgan fingerprint density at radius 3 is 2.15 bits per heavy atom. The van der Waals surface area contributed by atoms with Crippen molar-refractivity contribution in [3.63, 3.8) is 0 Å². The van der Waals surface area contributed by atoms with Crippen molar-refractivity contribution in [3.05, 3.63) is 69.8 Å². The number of rotatable bonds is 4. The zero-order valence-corrected chi connectivity index (χ0v) is 10.2. The van der Waals surface area contributed by atoms with Gasteiger partial charge in [0.1, 0.15) is 0 Å². The Morgan fingerprint density at radius 2 is 1.65 bits per heavy atom. The summed E-state index contributed by atoms with van der Waals surface area (Å²) >= 11 is 0. The third-order valence-electron chi connectivity index (χ3n) is 2.57. The molecule has 0 saturated carbocycles. The number of carbonyl (C=O) groups is 1. The van der Waals surface area contributed by atoms with E-state index in [2.05, 4.69) is 4.99 Å². The molecule has 0 aliphatic carbocycles. The van der Waals surface area contributed by atoms with E-state index in [1.165, 1.54) is 30.5 Å². The first-order valence-corrected chi connectivity index (χ1v) is 5.66. The van der Waals surface area contributed by atoms with Gasteiger partial charge >= 0.3 is 0 Å². The Bertz CT molecular complexity index is 601. The topological polar surface area (TPSA) is 95.6 Å². The summed E-state index contributed by atoms with van der Waals surface area (Å²) in [4.78, 5) is 24.7. The Labute approximate surface area is 114 Å². The van der Waals surface area contributed by atoms with Crippen LogP contribution in [0.5, 0.6) is 0 Å². The van der Waals surface area contributed by atoms with Crippen LogP contribution in [0.3, 0.4) is 0 Å². The Morgan fingerprint density at radius 1 is 1.05 bits per heavy atom. The minimum Gasteiger partial charge on any atom is -0.545 e. The lowest BCUT2D eigenvalue weighted by Crippen LogP contribution is -2.21. The fourth-order valence-electron chi connectivity index (χ4n) is 1.51. The van der Waals surface area contributed by atoms with Crippen LogP contribution in [0.15, 0.2) is 53.5 Å². The van der Waals surface area contributed by atoms with Gasteiger partial charge in [-0.05, 0) is 35.4 Å². The van der Waals surface area contributed by atoms with E-state index in [0.717, 1.165) is 0 Å². The van der Waals surface area contributed by atoms with Crippen LogP contribution in [-0.4, -0.2) is 17.1 Å². The fourth-order valence-corrected chi connectivity index (χ4v) is 1.51. The molecular formula is C14H9N2O4-. The maximum Gasteiger partial charge on any atom is 0.269 e. The van der Waals surface area contributed by atoms with Crippen molar-refractivity contribution in [2.75, 3.05) is 0 Å². The second-order valence-electron chi connectivity index (χ2n) is 3.94. The van der Waals surface area contributed by atoms with Crippen LogP contribution >= 0.6 is 0 Å². The highest BCUT2D eigenvalue weighted by Crippen LogP contribution is 2.14. The van der Waals surface area contributed by atoms with Gasteiger partial charge < -0.3 is 9.90 Å². The zero-order chi connectivity index (χ0) is 14.5. The lowest BCUT2D eigenvalue weighted by molar-refractivity contribution is -0.384. The van der Waals surface area contributed by atoms with Crippen LogP contribution in [-0.2, 0) is 0 Å². The fraction of sp³-hybridized carbons (Fsp3) is 0. The number of carboxylic acid groups (broad SMARTS) is 1. The van der Waals surface area contributed by atoms with E-state index >= 15 is 0 Å². The van der Waals surface area contributed by atoms with E-state index < -0.39 is 10.9 Å². The molecule has 0 spiro atoms. The van der Waals surface area contributed by atoms with Gasteiger partial charge in [-0.1, -0.05) is 12.1 Å². The molecule has 6 nitrogen and oxygen atoms in total. The van der Waals surface area contributed by atoms with Crippen LogP contribution in [0.2, 0.25) is 0 Å². The molecule has 2 aromatic carbocycles. The number of nitro groups is 1. The number of hydrogen-bond donors (Lipinski definition) is 0. The quantitative estimate of drug-likeness (QED) is 0.479. The molecule has 0 N–H and O–H groups in total. The van der Waals surface area contributed by atoms with Gasteiger partial charge in [-0.25, -0.2) is 0 Å². The molecule has 0 unspecified atom stereocenters. The average molecular weight is 269 g/mol. The third-order valence-corrected chi connectivity index (χ3v) is 2.57. The van der Waals surface area contributed by atoms with Crippen molar-refractivity contribution in [2.45, 2.75) is 0 Å². The molecule has 0 radical (unpaired) electrons. The minimum atomic E-state index is -1.24. The monoisotopic (exact) mass is 269 g/mol. The summed E-state index contributed by atoms with van der Waals surface area (Å²) in [6.45, 7) is 0. The van der Waals surface area contributed by atoms with Gasteiger partial charge in [-0.15, -0.1) is 0 Å². The largest absolute Gasteiger partial charge is 0.545 e. The van der Waals surface area contributed by atoms with Gasteiger partial charge in [0, 0.05) is 18.3 Å². The number of nitrogens with zero attached hydrogens (tertiary/aromatic N) is 2. The Kier molecular flexibility index (Phi) is 3.85. The number of nitro benzene ring substituents is 1. The summed E-state index contributed by atoms with van der Waals surface area (Å²) in [6.07, 6.45) is 1.54. The molecule has 2 rings (SSSR count). The van der Waals surface area contributed by atoms with Crippen molar-refractivity contribution in [1.82, 2.24) is 0 Å². The van der Waals surface area contributed by atoms with Gasteiger partial charge in [0.2, 0.25) is 0 Å². The molecule has 0 atom stereocenters. The molecule has 0 amide bonds. The van der Waals surface area contributed by atoms with Crippen molar-refractivity contribution in [1.29, 1.82) is 0 Å².